The first-order valence-corrected chi connectivity index (χ1v) is 5.87. The van der Waals surface area contributed by atoms with Crippen molar-refractivity contribution in [2.24, 2.45) is 0 Å². The van der Waals surface area contributed by atoms with E-state index in [0.29, 0.717) is 4.68 Å². The van der Waals surface area contributed by atoms with Gasteiger partial charge in [0.25, 0.3) is 0 Å². The average Bonchev–Trinajstić information content (AvgIpc) is 2.84. The first-order valence-electron chi connectivity index (χ1n) is 5.87. The zero-order valence-corrected chi connectivity index (χ0v) is 10.8. The maximum absolute atomic E-state index is 13.1. The summed E-state index contributed by atoms with van der Waals surface area (Å²) in [4.78, 5) is 19.1. The van der Waals surface area contributed by atoms with Crippen LogP contribution < -0.4 is 0 Å². The molecule has 0 amide bonds. The summed E-state index contributed by atoms with van der Waals surface area (Å²) in [6, 6.07) is 1.53. The molecule has 10 heteroatoms. The standard InChI is InChI=1S/C11H10F3N5O2/c1-2-21-10(20)8-9(11(12,13)14)19(18-17-8)6-7-15-4-3-5-16-7/h3-5H,2,6H2,1H3. The number of alkyl halides is 3. The molecule has 21 heavy (non-hydrogen) atoms. The number of nitrogens with zero attached hydrogens (tertiary/aromatic N) is 5. The van der Waals surface area contributed by atoms with Crippen LogP contribution in [-0.2, 0) is 17.5 Å². The van der Waals surface area contributed by atoms with E-state index in [9.17, 15) is 18.0 Å². The maximum atomic E-state index is 13.1. The van der Waals surface area contributed by atoms with Gasteiger partial charge in [0.1, 0.15) is 12.4 Å². The Morgan fingerprint density at radius 3 is 2.57 bits per heavy atom. The van der Waals surface area contributed by atoms with Gasteiger partial charge in [0.05, 0.1) is 6.61 Å². The summed E-state index contributed by atoms with van der Waals surface area (Å²) >= 11 is 0. The van der Waals surface area contributed by atoms with Crippen molar-refractivity contribution >= 4 is 5.97 Å². The average molecular weight is 301 g/mol. The Kier molecular flexibility index (Phi) is 4.15. The number of carbonyl (C=O) groups excluding carboxylic acids is 1. The number of hydrogen-bond donors (Lipinski definition) is 0. The summed E-state index contributed by atoms with van der Waals surface area (Å²) in [6.45, 7) is 1.06. The van der Waals surface area contributed by atoms with Gasteiger partial charge in [-0.3, -0.25) is 0 Å². The van der Waals surface area contributed by atoms with Crippen molar-refractivity contribution in [2.75, 3.05) is 6.61 Å². The number of carbonyl (C=O) groups is 1. The molecular weight excluding hydrogens is 291 g/mol. The van der Waals surface area contributed by atoms with Gasteiger partial charge >= 0.3 is 12.1 Å². The lowest BCUT2D eigenvalue weighted by Crippen LogP contribution is -2.20. The molecule has 0 aliphatic rings. The van der Waals surface area contributed by atoms with Gasteiger partial charge in [-0.2, -0.15) is 13.2 Å². The van der Waals surface area contributed by atoms with E-state index in [0.717, 1.165) is 0 Å². The van der Waals surface area contributed by atoms with Crippen LogP contribution in [0, 0.1) is 0 Å². The second-order valence-electron chi connectivity index (χ2n) is 3.83. The van der Waals surface area contributed by atoms with Gasteiger partial charge < -0.3 is 4.74 Å². The molecule has 0 saturated heterocycles. The van der Waals surface area contributed by atoms with Crippen LogP contribution in [0.5, 0.6) is 0 Å². The van der Waals surface area contributed by atoms with Crippen molar-refractivity contribution in [1.29, 1.82) is 0 Å². The number of aromatic nitrogens is 5. The molecule has 0 radical (unpaired) electrons. The largest absolute Gasteiger partial charge is 0.461 e. The molecule has 0 saturated carbocycles. The summed E-state index contributed by atoms with van der Waals surface area (Å²) < 4.78 is 44.4. The van der Waals surface area contributed by atoms with Gasteiger partial charge in [-0.15, -0.1) is 5.10 Å². The minimum Gasteiger partial charge on any atom is -0.461 e. The molecule has 0 atom stereocenters. The van der Waals surface area contributed by atoms with Crippen LogP contribution in [0.2, 0.25) is 0 Å². The van der Waals surface area contributed by atoms with Crippen molar-refractivity contribution in [3.63, 3.8) is 0 Å². The fourth-order valence-electron chi connectivity index (χ4n) is 1.59. The number of esters is 1. The highest BCUT2D eigenvalue weighted by atomic mass is 19.4. The monoisotopic (exact) mass is 301 g/mol. The van der Waals surface area contributed by atoms with Crippen LogP contribution in [0.4, 0.5) is 13.2 Å². The summed E-state index contributed by atoms with van der Waals surface area (Å²) in [7, 11) is 0. The van der Waals surface area contributed by atoms with E-state index in [-0.39, 0.29) is 19.0 Å². The van der Waals surface area contributed by atoms with Crippen LogP contribution >= 0.6 is 0 Å². The van der Waals surface area contributed by atoms with E-state index in [4.69, 9.17) is 0 Å². The predicted molar refractivity (Wildman–Crippen MR) is 62.1 cm³/mol. The summed E-state index contributed by atoms with van der Waals surface area (Å²) in [5.74, 6) is -1.06. The van der Waals surface area contributed by atoms with E-state index in [1.54, 1.807) is 0 Å². The topological polar surface area (TPSA) is 82.8 Å². The van der Waals surface area contributed by atoms with Crippen molar-refractivity contribution < 1.29 is 22.7 Å². The Hall–Kier alpha value is -2.52. The normalized spacial score (nSPS) is 11.4. The Balaban J connectivity index is 2.40. The minimum atomic E-state index is -4.81. The minimum absolute atomic E-state index is 0.0647. The molecule has 0 unspecified atom stereocenters. The van der Waals surface area contributed by atoms with Crippen molar-refractivity contribution in [3.05, 3.63) is 35.7 Å². The van der Waals surface area contributed by atoms with Gasteiger partial charge in [-0.05, 0) is 13.0 Å². The number of rotatable bonds is 4. The predicted octanol–water partition coefficient (Wildman–Crippen LogP) is 1.31. The molecule has 2 heterocycles. The SMILES string of the molecule is CCOC(=O)c1nnn(Cc2ncccn2)c1C(F)(F)F. The first kappa shape index (κ1) is 14.9. The smallest absolute Gasteiger partial charge is 0.435 e. The lowest BCUT2D eigenvalue weighted by atomic mass is 10.3. The zero-order valence-electron chi connectivity index (χ0n) is 10.8. The molecule has 0 bridgehead atoms. The summed E-state index contributed by atoms with van der Waals surface area (Å²) in [6.07, 6.45) is -2.03. The second kappa shape index (κ2) is 5.85. The molecule has 112 valence electrons. The quantitative estimate of drug-likeness (QED) is 0.792. The van der Waals surface area contributed by atoms with Gasteiger partial charge in [0, 0.05) is 12.4 Å². The second-order valence-corrected chi connectivity index (χ2v) is 3.83. The third-order valence-electron chi connectivity index (χ3n) is 2.38. The number of ether oxygens (including phenoxy) is 1. The van der Waals surface area contributed by atoms with Crippen LogP contribution in [0.3, 0.4) is 0 Å². The third-order valence-corrected chi connectivity index (χ3v) is 2.38. The molecule has 2 aromatic heterocycles. The molecule has 2 aromatic rings. The van der Waals surface area contributed by atoms with E-state index in [1.165, 1.54) is 25.4 Å². The molecule has 0 N–H and O–H groups in total. The Morgan fingerprint density at radius 2 is 2.00 bits per heavy atom. The third kappa shape index (κ3) is 3.33. The Bertz CT molecular complexity index is 627. The molecule has 2 rings (SSSR count). The highest BCUT2D eigenvalue weighted by Crippen LogP contribution is 2.31. The van der Waals surface area contributed by atoms with Gasteiger partial charge in [0.15, 0.2) is 5.69 Å². The van der Waals surface area contributed by atoms with Crippen molar-refractivity contribution in [2.45, 2.75) is 19.6 Å². The maximum Gasteiger partial charge on any atom is 0.435 e. The molecule has 7 nitrogen and oxygen atoms in total. The summed E-state index contributed by atoms with van der Waals surface area (Å²) in [5.41, 5.74) is -2.16. The van der Waals surface area contributed by atoms with E-state index in [2.05, 4.69) is 25.0 Å². The van der Waals surface area contributed by atoms with Crippen molar-refractivity contribution in [1.82, 2.24) is 25.0 Å². The molecular formula is C11H10F3N5O2. The molecule has 0 aliphatic carbocycles. The first-order chi connectivity index (χ1) is 9.93. The van der Waals surface area contributed by atoms with Crippen LogP contribution in [0.15, 0.2) is 18.5 Å². The number of halogens is 3. The fraction of sp³-hybridized carbons (Fsp3) is 0.364. The van der Waals surface area contributed by atoms with E-state index in [1.807, 2.05) is 0 Å². The fourth-order valence-corrected chi connectivity index (χ4v) is 1.59. The van der Waals surface area contributed by atoms with E-state index >= 15 is 0 Å². The Labute approximate surface area is 116 Å². The molecule has 0 fully saturated rings. The van der Waals surface area contributed by atoms with Gasteiger partial charge in [0.2, 0.25) is 5.69 Å². The lowest BCUT2D eigenvalue weighted by Gasteiger charge is -2.10. The lowest BCUT2D eigenvalue weighted by molar-refractivity contribution is -0.144. The van der Waals surface area contributed by atoms with Crippen LogP contribution in [-0.4, -0.2) is 37.5 Å². The molecule has 0 aromatic carbocycles. The highest BCUT2D eigenvalue weighted by molar-refractivity contribution is 5.88. The van der Waals surface area contributed by atoms with Gasteiger partial charge in [-0.25, -0.2) is 19.4 Å². The van der Waals surface area contributed by atoms with Gasteiger partial charge in [-0.1, -0.05) is 5.21 Å². The van der Waals surface area contributed by atoms with Crippen LogP contribution in [0.1, 0.15) is 28.9 Å². The van der Waals surface area contributed by atoms with E-state index < -0.39 is 23.5 Å². The van der Waals surface area contributed by atoms with Crippen LogP contribution in [0.25, 0.3) is 0 Å². The number of hydrogen-bond acceptors (Lipinski definition) is 6. The molecule has 0 aliphatic heterocycles. The Morgan fingerprint density at radius 1 is 1.33 bits per heavy atom. The highest BCUT2D eigenvalue weighted by Gasteiger charge is 2.42. The zero-order chi connectivity index (χ0) is 15.5. The summed E-state index contributed by atoms with van der Waals surface area (Å²) in [5, 5.41) is 6.61. The van der Waals surface area contributed by atoms with Crippen molar-refractivity contribution in [3.8, 4) is 0 Å². The molecule has 0 spiro atoms.